The summed E-state index contributed by atoms with van der Waals surface area (Å²) in [5, 5.41) is 2.36. The van der Waals surface area contributed by atoms with E-state index in [-0.39, 0.29) is 11.9 Å². The second-order valence-electron chi connectivity index (χ2n) is 4.25. The molecule has 1 N–H and O–H groups in total. The van der Waals surface area contributed by atoms with Crippen LogP contribution >= 0.6 is 11.6 Å². The molecule has 0 saturated carbocycles. The Labute approximate surface area is 108 Å². The Hall–Kier alpha value is -1.06. The van der Waals surface area contributed by atoms with Gasteiger partial charge < -0.3 is 10.2 Å². The van der Waals surface area contributed by atoms with Crippen LogP contribution < -0.4 is 5.32 Å². The Morgan fingerprint density at radius 1 is 1.35 bits per heavy atom. The first kappa shape index (κ1) is 14.0. The third-order valence-corrected chi connectivity index (χ3v) is 2.84. The van der Waals surface area contributed by atoms with E-state index in [2.05, 4.69) is 22.3 Å². The van der Waals surface area contributed by atoms with Crippen molar-refractivity contribution < 1.29 is 4.79 Å². The fourth-order valence-corrected chi connectivity index (χ4v) is 1.69. The zero-order chi connectivity index (χ0) is 12.8. The summed E-state index contributed by atoms with van der Waals surface area (Å²) in [6.45, 7) is 2.23. The highest BCUT2D eigenvalue weighted by Crippen LogP contribution is 2.16. The van der Waals surface area contributed by atoms with Gasteiger partial charge in [0.25, 0.3) is 0 Å². The number of hydrogen-bond acceptors (Lipinski definition) is 2. The molecule has 94 valence electrons. The van der Waals surface area contributed by atoms with Gasteiger partial charge in [-0.15, -0.1) is 11.6 Å². The van der Waals surface area contributed by atoms with Crippen LogP contribution in [-0.4, -0.2) is 36.8 Å². The van der Waals surface area contributed by atoms with E-state index in [0.717, 1.165) is 0 Å². The molecular formula is C13H19ClN2O. The molecule has 0 heterocycles. The number of nitrogens with one attached hydrogen (secondary N) is 1. The van der Waals surface area contributed by atoms with Crippen molar-refractivity contribution in [1.29, 1.82) is 0 Å². The number of amides is 1. The highest BCUT2D eigenvalue weighted by Gasteiger charge is 2.16. The first-order chi connectivity index (χ1) is 8.02. The summed E-state index contributed by atoms with van der Waals surface area (Å²) in [6.07, 6.45) is 0. The number of alkyl halides is 1. The van der Waals surface area contributed by atoms with Crippen molar-refractivity contribution in [2.24, 2.45) is 0 Å². The van der Waals surface area contributed by atoms with Gasteiger partial charge in [-0.25, -0.2) is 0 Å². The molecule has 0 radical (unpaired) electrons. The average Bonchev–Trinajstić information content (AvgIpc) is 2.29. The zero-order valence-electron chi connectivity index (χ0n) is 10.5. The third-order valence-electron chi connectivity index (χ3n) is 2.64. The molecule has 3 nitrogen and oxygen atoms in total. The number of carbonyl (C=O) groups is 1. The number of benzene rings is 1. The van der Waals surface area contributed by atoms with Gasteiger partial charge in [0.15, 0.2) is 0 Å². The number of rotatable bonds is 5. The van der Waals surface area contributed by atoms with E-state index in [1.165, 1.54) is 5.56 Å². The van der Waals surface area contributed by atoms with Crippen molar-refractivity contribution >= 4 is 17.5 Å². The molecule has 1 aromatic rings. The fraction of sp³-hybridized carbons (Fsp3) is 0.462. The van der Waals surface area contributed by atoms with Crippen LogP contribution in [0.5, 0.6) is 0 Å². The molecule has 0 aromatic heterocycles. The van der Waals surface area contributed by atoms with E-state index < -0.39 is 5.38 Å². The largest absolute Gasteiger partial charge is 0.353 e. The quantitative estimate of drug-likeness (QED) is 0.816. The van der Waals surface area contributed by atoms with Gasteiger partial charge in [-0.3, -0.25) is 4.79 Å². The maximum Gasteiger partial charge on any atom is 0.237 e. The lowest BCUT2D eigenvalue weighted by Gasteiger charge is -2.25. The van der Waals surface area contributed by atoms with Crippen LogP contribution in [-0.2, 0) is 4.79 Å². The zero-order valence-corrected chi connectivity index (χ0v) is 11.2. The number of carbonyl (C=O) groups excluding carboxylic acids is 1. The minimum absolute atomic E-state index is 0.130. The van der Waals surface area contributed by atoms with E-state index in [4.69, 9.17) is 11.6 Å². The Morgan fingerprint density at radius 2 is 1.94 bits per heavy atom. The molecule has 1 aromatic carbocycles. The molecule has 0 spiro atoms. The first-order valence-corrected chi connectivity index (χ1v) is 6.09. The predicted octanol–water partition coefficient (Wildman–Crippen LogP) is 2.03. The summed E-state index contributed by atoms with van der Waals surface area (Å²) in [4.78, 5) is 13.5. The topological polar surface area (TPSA) is 32.3 Å². The normalized spacial score (nSPS) is 14.4. The van der Waals surface area contributed by atoms with Gasteiger partial charge in [-0.05, 0) is 26.6 Å². The Bertz CT molecular complexity index is 352. The first-order valence-electron chi connectivity index (χ1n) is 5.65. The highest BCUT2D eigenvalue weighted by molar-refractivity contribution is 6.30. The molecule has 0 aliphatic rings. The second-order valence-corrected chi connectivity index (χ2v) is 4.91. The molecular weight excluding hydrogens is 236 g/mol. The minimum Gasteiger partial charge on any atom is -0.353 e. The molecule has 0 saturated heterocycles. The molecule has 4 heteroatoms. The van der Waals surface area contributed by atoms with Crippen molar-refractivity contribution in [2.45, 2.75) is 18.3 Å². The maximum atomic E-state index is 11.4. The summed E-state index contributed by atoms with van der Waals surface area (Å²) in [5.41, 5.74) is 1.18. The fourth-order valence-electron chi connectivity index (χ4n) is 1.61. The summed E-state index contributed by atoms with van der Waals surface area (Å²) in [7, 11) is 3.99. The van der Waals surface area contributed by atoms with Gasteiger partial charge >= 0.3 is 0 Å². The lowest BCUT2D eigenvalue weighted by molar-refractivity contribution is -0.120. The molecule has 1 rings (SSSR count). The van der Waals surface area contributed by atoms with Crippen molar-refractivity contribution in [1.82, 2.24) is 10.2 Å². The Morgan fingerprint density at radius 3 is 2.41 bits per heavy atom. The maximum absolute atomic E-state index is 11.4. The van der Waals surface area contributed by atoms with Crippen molar-refractivity contribution in [2.75, 3.05) is 20.6 Å². The SMILES string of the molecule is C[C@@H](Cl)C(=O)NC[C@H](c1ccccc1)N(C)C. The molecule has 2 atom stereocenters. The number of halogens is 1. The lowest BCUT2D eigenvalue weighted by Crippen LogP contribution is -2.37. The smallest absolute Gasteiger partial charge is 0.237 e. The summed E-state index contributed by atoms with van der Waals surface area (Å²) < 4.78 is 0. The third kappa shape index (κ3) is 4.36. The summed E-state index contributed by atoms with van der Waals surface area (Å²) >= 11 is 5.71. The van der Waals surface area contributed by atoms with Crippen LogP contribution in [0.1, 0.15) is 18.5 Å². The number of hydrogen-bond donors (Lipinski definition) is 1. The molecule has 0 fully saturated rings. The average molecular weight is 255 g/mol. The molecule has 0 aliphatic carbocycles. The van der Waals surface area contributed by atoms with Crippen LogP contribution in [0.25, 0.3) is 0 Å². The van der Waals surface area contributed by atoms with Crippen LogP contribution in [0.15, 0.2) is 30.3 Å². The minimum atomic E-state index is -0.492. The van der Waals surface area contributed by atoms with Crippen LogP contribution in [0, 0.1) is 0 Å². The molecule has 0 bridgehead atoms. The van der Waals surface area contributed by atoms with Gasteiger partial charge in [0.2, 0.25) is 5.91 Å². The van der Waals surface area contributed by atoms with E-state index in [0.29, 0.717) is 6.54 Å². The van der Waals surface area contributed by atoms with Gasteiger partial charge in [-0.1, -0.05) is 30.3 Å². The number of likely N-dealkylation sites (N-methyl/N-ethyl adjacent to an activating group) is 1. The van der Waals surface area contributed by atoms with Crippen molar-refractivity contribution in [3.8, 4) is 0 Å². The van der Waals surface area contributed by atoms with Gasteiger partial charge in [0.1, 0.15) is 5.38 Å². The van der Waals surface area contributed by atoms with Crippen LogP contribution in [0.3, 0.4) is 0 Å². The molecule has 17 heavy (non-hydrogen) atoms. The van der Waals surface area contributed by atoms with E-state index in [9.17, 15) is 4.79 Å². The van der Waals surface area contributed by atoms with E-state index in [1.807, 2.05) is 32.3 Å². The monoisotopic (exact) mass is 254 g/mol. The van der Waals surface area contributed by atoms with Gasteiger partial charge in [-0.2, -0.15) is 0 Å². The molecule has 1 amide bonds. The summed E-state index contributed by atoms with van der Waals surface area (Å²) in [6, 6.07) is 10.3. The standard InChI is InChI=1S/C13H19ClN2O/c1-10(14)13(17)15-9-12(16(2)3)11-7-5-4-6-8-11/h4-8,10,12H,9H2,1-3H3,(H,15,17)/t10-,12-/m1/s1. The van der Waals surface area contributed by atoms with Gasteiger partial charge in [0.05, 0.1) is 6.04 Å². The van der Waals surface area contributed by atoms with E-state index >= 15 is 0 Å². The van der Waals surface area contributed by atoms with Gasteiger partial charge in [0, 0.05) is 6.54 Å². The Balaban J connectivity index is 2.66. The number of nitrogens with zero attached hydrogens (tertiary/aromatic N) is 1. The Kier molecular flexibility index (Phi) is 5.45. The molecule has 0 aliphatic heterocycles. The second kappa shape index (κ2) is 6.62. The predicted molar refractivity (Wildman–Crippen MR) is 71.2 cm³/mol. The summed E-state index contributed by atoms with van der Waals surface area (Å²) in [5.74, 6) is -0.130. The van der Waals surface area contributed by atoms with Crippen molar-refractivity contribution in [3.05, 3.63) is 35.9 Å². The van der Waals surface area contributed by atoms with E-state index in [1.54, 1.807) is 6.92 Å². The van der Waals surface area contributed by atoms with Crippen LogP contribution in [0.2, 0.25) is 0 Å². The highest BCUT2D eigenvalue weighted by atomic mass is 35.5. The molecule has 0 unspecified atom stereocenters. The van der Waals surface area contributed by atoms with Crippen molar-refractivity contribution in [3.63, 3.8) is 0 Å². The van der Waals surface area contributed by atoms with Crippen LogP contribution in [0.4, 0.5) is 0 Å². The lowest BCUT2D eigenvalue weighted by atomic mass is 10.1.